The highest BCUT2D eigenvalue weighted by Gasteiger charge is 2.34. The summed E-state index contributed by atoms with van der Waals surface area (Å²) in [6.45, 7) is 6.91. The quantitative estimate of drug-likeness (QED) is 0.734. The maximum Gasteiger partial charge on any atom is 0.328 e. The lowest BCUT2D eigenvalue weighted by Gasteiger charge is -2.26. The van der Waals surface area contributed by atoms with E-state index in [9.17, 15) is 9.59 Å². The summed E-state index contributed by atoms with van der Waals surface area (Å²) in [6, 6.07) is -0.394. The van der Waals surface area contributed by atoms with Gasteiger partial charge in [0.1, 0.15) is 6.04 Å². The van der Waals surface area contributed by atoms with E-state index < -0.39 is 6.04 Å². The maximum atomic E-state index is 12.0. The Bertz CT molecular complexity index is 297. The van der Waals surface area contributed by atoms with Gasteiger partial charge >= 0.3 is 5.97 Å². The molecule has 5 nitrogen and oxygen atoms in total. The Morgan fingerprint density at radius 2 is 2.06 bits per heavy atom. The van der Waals surface area contributed by atoms with Crippen molar-refractivity contribution in [1.29, 1.82) is 0 Å². The van der Waals surface area contributed by atoms with E-state index in [1.54, 1.807) is 4.90 Å². The third-order valence-electron chi connectivity index (χ3n) is 2.82. The molecule has 1 unspecified atom stereocenters. The molecule has 1 amide bonds. The summed E-state index contributed by atoms with van der Waals surface area (Å²) in [5.41, 5.74) is -0.101. The van der Waals surface area contributed by atoms with Crippen molar-refractivity contribution >= 4 is 11.9 Å². The Balaban J connectivity index is 2.53. The van der Waals surface area contributed by atoms with Gasteiger partial charge < -0.3 is 15.0 Å². The lowest BCUT2D eigenvalue weighted by molar-refractivity contribution is -0.150. The van der Waals surface area contributed by atoms with Crippen LogP contribution in [0, 0.1) is 0 Å². The molecule has 0 aromatic heterocycles. The Kier molecular flexibility index (Phi) is 4.51. The van der Waals surface area contributed by atoms with Crippen LogP contribution in [0.1, 0.15) is 33.6 Å². The van der Waals surface area contributed by atoms with Crippen molar-refractivity contribution in [3.8, 4) is 0 Å². The second kappa shape index (κ2) is 5.49. The van der Waals surface area contributed by atoms with Crippen LogP contribution in [-0.2, 0) is 14.3 Å². The first-order valence-corrected chi connectivity index (χ1v) is 5.97. The third kappa shape index (κ3) is 4.00. The van der Waals surface area contributed by atoms with Gasteiger partial charge in [0.05, 0.1) is 13.7 Å². The predicted molar refractivity (Wildman–Crippen MR) is 64.5 cm³/mol. The Morgan fingerprint density at radius 1 is 1.41 bits per heavy atom. The number of ether oxygens (including phenoxy) is 1. The fourth-order valence-electron chi connectivity index (χ4n) is 1.89. The van der Waals surface area contributed by atoms with Crippen LogP contribution in [0.25, 0.3) is 0 Å². The number of nitrogens with zero attached hydrogens (tertiary/aromatic N) is 1. The molecule has 1 fully saturated rings. The number of nitrogens with one attached hydrogen (secondary N) is 1. The SMILES string of the molecule is COC(=O)C1CCCN1C(=O)CNC(C)(C)C. The molecule has 0 aliphatic carbocycles. The van der Waals surface area contributed by atoms with Crippen LogP contribution in [0.2, 0.25) is 0 Å². The van der Waals surface area contributed by atoms with Crippen molar-refractivity contribution in [1.82, 2.24) is 10.2 Å². The molecule has 0 aromatic rings. The molecular formula is C12H22N2O3. The summed E-state index contributed by atoms with van der Waals surface area (Å²) in [7, 11) is 1.36. The summed E-state index contributed by atoms with van der Waals surface area (Å²) in [5.74, 6) is -0.348. The lowest BCUT2D eigenvalue weighted by atomic mass is 10.1. The summed E-state index contributed by atoms with van der Waals surface area (Å²) in [6.07, 6.45) is 1.56. The molecule has 1 atom stereocenters. The molecule has 1 aliphatic rings. The van der Waals surface area contributed by atoms with Crippen LogP contribution in [0.5, 0.6) is 0 Å². The first kappa shape index (κ1) is 14.0. The molecule has 0 saturated carbocycles. The Labute approximate surface area is 102 Å². The van der Waals surface area contributed by atoms with Crippen LogP contribution in [0.15, 0.2) is 0 Å². The van der Waals surface area contributed by atoms with Gasteiger partial charge in [0.2, 0.25) is 5.91 Å². The van der Waals surface area contributed by atoms with Crippen LogP contribution < -0.4 is 5.32 Å². The van der Waals surface area contributed by atoms with E-state index in [0.29, 0.717) is 13.0 Å². The second-order valence-electron chi connectivity index (χ2n) is 5.37. The minimum atomic E-state index is -0.394. The van der Waals surface area contributed by atoms with Gasteiger partial charge in [-0.2, -0.15) is 0 Å². The fraction of sp³-hybridized carbons (Fsp3) is 0.833. The normalized spacial score (nSPS) is 20.5. The average molecular weight is 242 g/mol. The van der Waals surface area contributed by atoms with Gasteiger partial charge in [-0.05, 0) is 33.6 Å². The number of esters is 1. The number of hydrogen-bond acceptors (Lipinski definition) is 4. The van der Waals surface area contributed by atoms with E-state index in [2.05, 4.69) is 5.32 Å². The van der Waals surface area contributed by atoms with E-state index in [-0.39, 0.29) is 24.0 Å². The van der Waals surface area contributed by atoms with Gasteiger partial charge in [-0.25, -0.2) is 4.79 Å². The molecule has 98 valence electrons. The highest BCUT2D eigenvalue weighted by atomic mass is 16.5. The van der Waals surface area contributed by atoms with E-state index in [1.807, 2.05) is 20.8 Å². The van der Waals surface area contributed by atoms with Crippen molar-refractivity contribution in [2.45, 2.75) is 45.2 Å². The number of carbonyl (C=O) groups excluding carboxylic acids is 2. The third-order valence-corrected chi connectivity index (χ3v) is 2.82. The lowest BCUT2D eigenvalue weighted by Crippen LogP contribution is -2.48. The fourth-order valence-corrected chi connectivity index (χ4v) is 1.89. The van der Waals surface area contributed by atoms with Crippen molar-refractivity contribution in [3.63, 3.8) is 0 Å². The predicted octanol–water partition coefficient (Wildman–Crippen LogP) is 0.539. The molecule has 0 aromatic carbocycles. The first-order valence-electron chi connectivity index (χ1n) is 5.97. The summed E-state index contributed by atoms with van der Waals surface area (Å²) in [5, 5.41) is 3.13. The molecule has 0 radical (unpaired) electrons. The average Bonchev–Trinajstić information content (AvgIpc) is 2.72. The number of methoxy groups -OCH3 is 1. The van der Waals surface area contributed by atoms with Gasteiger partial charge in [-0.1, -0.05) is 0 Å². The molecular weight excluding hydrogens is 220 g/mol. The molecule has 1 saturated heterocycles. The van der Waals surface area contributed by atoms with Gasteiger partial charge in [0.15, 0.2) is 0 Å². The highest BCUT2D eigenvalue weighted by molar-refractivity contribution is 5.86. The van der Waals surface area contributed by atoms with Crippen LogP contribution in [-0.4, -0.2) is 48.6 Å². The first-order chi connectivity index (χ1) is 7.85. The summed E-state index contributed by atoms with van der Waals surface area (Å²) in [4.78, 5) is 25.1. The van der Waals surface area contributed by atoms with Gasteiger partial charge in [-0.3, -0.25) is 4.79 Å². The number of rotatable bonds is 3. The topological polar surface area (TPSA) is 58.6 Å². The molecule has 1 N–H and O–H groups in total. The molecule has 17 heavy (non-hydrogen) atoms. The van der Waals surface area contributed by atoms with Crippen LogP contribution >= 0.6 is 0 Å². The molecule has 1 heterocycles. The summed E-state index contributed by atoms with van der Waals surface area (Å²) < 4.78 is 4.71. The number of likely N-dealkylation sites (tertiary alicyclic amines) is 1. The number of hydrogen-bond donors (Lipinski definition) is 1. The van der Waals surface area contributed by atoms with E-state index in [0.717, 1.165) is 6.42 Å². The largest absolute Gasteiger partial charge is 0.467 e. The zero-order chi connectivity index (χ0) is 13.1. The monoisotopic (exact) mass is 242 g/mol. The molecule has 1 rings (SSSR count). The van der Waals surface area contributed by atoms with E-state index in [1.165, 1.54) is 7.11 Å². The molecule has 5 heteroatoms. The van der Waals surface area contributed by atoms with Crippen molar-refractivity contribution in [2.24, 2.45) is 0 Å². The van der Waals surface area contributed by atoms with E-state index >= 15 is 0 Å². The van der Waals surface area contributed by atoms with Crippen LogP contribution in [0.3, 0.4) is 0 Å². The van der Waals surface area contributed by atoms with Crippen molar-refractivity contribution in [3.05, 3.63) is 0 Å². The standard InChI is InChI=1S/C12H22N2O3/c1-12(2,3)13-8-10(15)14-7-5-6-9(14)11(16)17-4/h9,13H,5-8H2,1-4H3. The molecule has 1 aliphatic heterocycles. The van der Waals surface area contributed by atoms with Gasteiger partial charge in [0.25, 0.3) is 0 Å². The zero-order valence-corrected chi connectivity index (χ0v) is 11.1. The smallest absolute Gasteiger partial charge is 0.328 e. The van der Waals surface area contributed by atoms with Gasteiger partial charge in [0, 0.05) is 12.1 Å². The highest BCUT2D eigenvalue weighted by Crippen LogP contribution is 2.18. The minimum absolute atomic E-state index is 0.0344. The molecule has 0 bridgehead atoms. The number of amides is 1. The molecule has 0 spiro atoms. The van der Waals surface area contributed by atoms with E-state index in [4.69, 9.17) is 4.74 Å². The zero-order valence-electron chi connectivity index (χ0n) is 11.1. The van der Waals surface area contributed by atoms with Gasteiger partial charge in [-0.15, -0.1) is 0 Å². The van der Waals surface area contributed by atoms with Crippen molar-refractivity contribution in [2.75, 3.05) is 20.2 Å². The Hall–Kier alpha value is -1.10. The van der Waals surface area contributed by atoms with Crippen LogP contribution in [0.4, 0.5) is 0 Å². The second-order valence-corrected chi connectivity index (χ2v) is 5.37. The number of carbonyl (C=O) groups is 2. The maximum absolute atomic E-state index is 12.0. The van der Waals surface area contributed by atoms with Crippen molar-refractivity contribution < 1.29 is 14.3 Å². The Morgan fingerprint density at radius 3 is 2.59 bits per heavy atom. The minimum Gasteiger partial charge on any atom is -0.467 e. The summed E-state index contributed by atoms with van der Waals surface area (Å²) >= 11 is 0.